The summed E-state index contributed by atoms with van der Waals surface area (Å²) in [6.45, 7) is 3.69. The van der Waals surface area contributed by atoms with Crippen molar-refractivity contribution >= 4 is 23.3 Å². The Morgan fingerprint density at radius 1 is 1.24 bits per heavy atom. The second-order valence-corrected chi connectivity index (χ2v) is 7.93. The third-order valence-corrected chi connectivity index (χ3v) is 5.70. The second-order valence-electron chi connectivity index (χ2n) is 7.93. The van der Waals surface area contributed by atoms with Gasteiger partial charge in [0.1, 0.15) is 17.9 Å². The van der Waals surface area contributed by atoms with E-state index in [1.807, 2.05) is 0 Å². The molecule has 2 amide bonds. The number of hydrogen-bond donors (Lipinski definition) is 2. The third kappa shape index (κ3) is 4.01. The summed E-state index contributed by atoms with van der Waals surface area (Å²) in [5, 5.41) is 17.8. The highest BCUT2D eigenvalue weighted by atomic mass is 19.4. The predicted molar refractivity (Wildman–Crippen MR) is 108 cm³/mol. The molecule has 3 N–H and O–H groups in total. The zero-order valence-corrected chi connectivity index (χ0v) is 17.6. The van der Waals surface area contributed by atoms with Crippen molar-refractivity contribution in [1.82, 2.24) is 29.8 Å². The summed E-state index contributed by atoms with van der Waals surface area (Å²) >= 11 is 0. The van der Waals surface area contributed by atoms with E-state index in [4.69, 9.17) is 5.73 Å². The van der Waals surface area contributed by atoms with Crippen molar-refractivity contribution in [2.75, 3.05) is 18.8 Å². The van der Waals surface area contributed by atoms with E-state index in [2.05, 4.69) is 20.4 Å². The van der Waals surface area contributed by atoms with Crippen LogP contribution in [-0.4, -0.2) is 55.6 Å². The van der Waals surface area contributed by atoms with Crippen LogP contribution < -0.4 is 16.2 Å². The average Bonchev–Trinajstić information content (AvgIpc) is 3.30. The van der Waals surface area contributed by atoms with Crippen LogP contribution in [0, 0.1) is 12.8 Å². The van der Waals surface area contributed by atoms with Crippen molar-refractivity contribution in [1.29, 1.82) is 0 Å². The minimum atomic E-state index is -4.70. The molecule has 0 spiro atoms. The van der Waals surface area contributed by atoms with E-state index < -0.39 is 35.3 Å². The lowest BCUT2D eigenvalue weighted by Gasteiger charge is -2.19. The summed E-state index contributed by atoms with van der Waals surface area (Å²) < 4.78 is 41.8. The fourth-order valence-corrected chi connectivity index (χ4v) is 3.94. The number of likely N-dealkylation sites (tertiary alicyclic amines) is 1. The van der Waals surface area contributed by atoms with Gasteiger partial charge in [0.15, 0.2) is 5.82 Å². The molecule has 174 valence electrons. The Labute approximate surface area is 185 Å². The van der Waals surface area contributed by atoms with E-state index in [0.717, 1.165) is 21.8 Å². The van der Waals surface area contributed by atoms with Crippen LogP contribution in [0.4, 0.5) is 23.8 Å². The van der Waals surface area contributed by atoms with Gasteiger partial charge in [-0.2, -0.15) is 18.3 Å². The molecule has 0 radical (unpaired) electrons. The first-order valence-corrected chi connectivity index (χ1v) is 9.90. The first kappa shape index (κ1) is 22.3. The van der Waals surface area contributed by atoms with Gasteiger partial charge < -0.3 is 25.9 Å². The number of carboxylic acid groups (broad SMARTS) is 1. The van der Waals surface area contributed by atoms with Crippen LogP contribution in [0.25, 0.3) is 16.8 Å². The molecule has 3 aromatic heterocycles. The molecular formula is C20H19F3N7O3-. The summed E-state index contributed by atoms with van der Waals surface area (Å²) in [4.78, 5) is 33.0. The van der Waals surface area contributed by atoms with Crippen LogP contribution in [-0.2, 0) is 6.18 Å². The molecule has 4 heterocycles. The maximum absolute atomic E-state index is 13.6. The highest BCUT2D eigenvalue weighted by molar-refractivity contribution is 5.96. The van der Waals surface area contributed by atoms with Crippen LogP contribution in [0.2, 0.25) is 0 Å². The summed E-state index contributed by atoms with van der Waals surface area (Å²) in [6.07, 6.45) is -3.65. The van der Waals surface area contributed by atoms with Gasteiger partial charge in [-0.05, 0) is 25.0 Å². The number of aromatic nitrogens is 4. The molecule has 1 saturated heterocycles. The highest BCUT2D eigenvalue weighted by Gasteiger charge is 2.37. The quantitative estimate of drug-likeness (QED) is 0.594. The molecule has 1 aliphatic heterocycles. The maximum atomic E-state index is 13.6. The topological polar surface area (TPSA) is 142 Å². The van der Waals surface area contributed by atoms with E-state index in [1.165, 1.54) is 12.3 Å². The number of hydrogen-bond acceptors (Lipinski definition) is 7. The lowest BCUT2D eigenvalue weighted by Crippen LogP contribution is -2.43. The lowest BCUT2D eigenvalue weighted by atomic mass is 10.0. The van der Waals surface area contributed by atoms with Crippen molar-refractivity contribution in [2.24, 2.45) is 5.92 Å². The van der Waals surface area contributed by atoms with Crippen molar-refractivity contribution < 1.29 is 27.9 Å². The van der Waals surface area contributed by atoms with E-state index in [-0.39, 0.29) is 41.6 Å². The molecular weight excluding hydrogens is 443 g/mol. The number of amides is 2. The van der Waals surface area contributed by atoms with Crippen molar-refractivity contribution in [3.8, 4) is 11.3 Å². The molecule has 1 aliphatic rings. The Bertz CT molecular complexity index is 1260. The van der Waals surface area contributed by atoms with Gasteiger partial charge in [-0.1, -0.05) is 6.92 Å². The minimum absolute atomic E-state index is 0.0327. The molecule has 3 aromatic rings. The fraction of sp³-hybridized carbons (Fsp3) is 0.350. The molecule has 13 heteroatoms. The largest absolute Gasteiger partial charge is 0.530 e. The maximum Gasteiger partial charge on any atom is 0.418 e. The van der Waals surface area contributed by atoms with E-state index >= 15 is 0 Å². The molecule has 4 rings (SSSR count). The van der Waals surface area contributed by atoms with Crippen molar-refractivity contribution in [3.63, 3.8) is 0 Å². The highest BCUT2D eigenvalue weighted by Crippen LogP contribution is 2.38. The molecule has 10 nitrogen and oxygen atoms in total. The van der Waals surface area contributed by atoms with Gasteiger partial charge in [0.05, 0.1) is 28.6 Å². The van der Waals surface area contributed by atoms with Crippen molar-refractivity contribution in [2.45, 2.75) is 26.1 Å². The zero-order chi connectivity index (χ0) is 24.1. The van der Waals surface area contributed by atoms with Crippen LogP contribution in [0.3, 0.4) is 0 Å². The number of nitrogens with zero attached hydrogens (tertiary/aromatic N) is 5. The Morgan fingerprint density at radius 3 is 2.61 bits per heavy atom. The molecule has 0 aromatic carbocycles. The zero-order valence-electron chi connectivity index (χ0n) is 17.6. The molecule has 33 heavy (non-hydrogen) atoms. The smallest absolute Gasteiger partial charge is 0.418 e. The fourth-order valence-electron chi connectivity index (χ4n) is 3.94. The van der Waals surface area contributed by atoms with Gasteiger partial charge in [-0.15, -0.1) is 0 Å². The third-order valence-electron chi connectivity index (χ3n) is 5.70. The summed E-state index contributed by atoms with van der Waals surface area (Å²) in [5.41, 5.74) is 5.01. The van der Waals surface area contributed by atoms with Gasteiger partial charge in [0, 0.05) is 24.8 Å². The average molecular weight is 462 g/mol. The van der Waals surface area contributed by atoms with Crippen LogP contribution in [0.15, 0.2) is 24.7 Å². The Balaban J connectivity index is 1.72. The number of nitrogen functional groups attached to an aromatic ring is 1. The number of nitrogens with one attached hydrogen (secondary N) is 1. The van der Waals surface area contributed by atoms with Gasteiger partial charge in [-0.25, -0.2) is 9.50 Å². The molecule has 2 atom stereocenters. The summed E-state index contributed by atoms with van der Waals surface area (Å²) in [6, 6.07) is 1.84. The van der Waals surface area contributed by atoms with Crippen LogP contribution in [0.1, 0.15) is 28.5 Å². The molecule has 1 fully saturated rings. The first-order valence-electron chi connectivity index (χ1n) is 9.90. The number of nitrogens with two attached hydrogens (primary N) is 1. The molecule has 0 saturated carbocycles. The summed E-state index contributed by atoms with van der Waals surface area (Å²) in [7, 11) is 0. The monoisotopic (exact) mass is 462 g/mol. The molecule has 0 aliphatic carbocycles. The lowest BCUT2D eigenvalue weighted by molar-refractivity contribution is -0.264. The van der Waals surface area contributed by atoms with Gasteiger partial charge >= 0.3 is 6.18 Å². The predicted octanol–water partition coefficient (Wildman–Crippen LogP) is 1.09. The first-order chi connectivity index (χ1) is 15.5. The number of rotatable bonds is 3. The standard InChI is InChI=1S/C20H20F3N7O3/c1-9-6-29(19(32)33)7-14(9)28-18(31)12-3-11(5-25-10(12)2)15-4-13(20(21,22)23)16-17(24)26-8-27-30(15)16/h3-5,8-9,14H,6-7H2,1-2H3,(H,28,31)(H,32,33)(H2,24,26,27)/p-1/t9-,14+/m0/s1. The summed E-state index contributed by atoms with van der Waals surface area (Å²) in [5.74, 6) is -1.01. The number of aryl methyl sites for hydroxylation is 1. The van der Waals surface area contributed by atoms with Crippen LogP contribution >= 0.6 is 0 Å². The minimum Gasteiger partial charge on any atom is -0.530 e. The van der Waals surface area contributed by atoms with E-state index in [9.17, 15) is 27.9 Å². The number of carbonyl (C=O) groups excluding carboxylic acids is 2. The van der Waals surface area contributed by atoms with E-state index in [1.54, 1.807) is 13.8 Å². The number of fused-ring (bicyclic) bond motifs is 1. The van der Waals surface area contributed by atoms with Gasteiger partial charge in [0.25, 0.3) is 5.91 Å². The van der Waals surface area contributed by atoms with Gasteiger partial charge in [0.2, 0.25) is 0 Å². The normalized spacial score (nSPS) is 18.6. The number of pyridine rings is 1. The SMILES string of the molecule is Cc1ncc(-c2cc(C(F)(F)F)c3c(N)ncnn23)cc1C(=O)N[C@@H]1CN(C(=O)[O-])C[C@@H]1C. The van der Waals surface area contributed by atoms with Gasteiger partial charge in [-0.3, -0.25) is 9.78 Å². The van der Waals surface area contributed by atoms with E-state index in [0.29, 0.717) is 5.69 Å². The second kappa shape index (κ2) is 7.90. The number of carbonyl (C=O) groups is 2. The number of halogens is 3. The number of alkyl halides is 3. The van der Waals surface area contributed by atoms with Crippen LogP contribution in [0.5, 0.6) is 0 Å². The molecule has 0 bridgehead atoms. The Morgan fingerprint density at radius 2 is 1.97 bits per heavy atom. The number of anilines is 1. The van der Waals surface area contributed by atoms with Crippen molar-refractivity contribution in [3.05, 3.63) is 41.5 Å². The Hall–Kier alpha value is -3.90. The Kier molecular flexibility index (Phi) is 5.34. The molecule has 0 unspecified atom stereocenters.